The molecule has 0 aromatic carbocycles. The minimum absolute atomic E-state index is 0.166. The quantitative estimate of drug-likeness (QED) is 0.480. The van der Waals surface area contributed by atoms with Crippen LogP contribution < -0.4 is 0 Å². The van der Waals surface area contributed by atoms with E-state index in [4.69, 9.17) is 9.47 Å². The number of halogens is 1. The van der Waals surface area contributed by atoms with E-state index in [0.717, 1.165) is 0 Å². The van der Waals surface area contributed by atoms with E-state index in [9.17, 15) is 15.3 Å². The first-order valence-corrected chi connectivity index (χ1v) is 7.97. The third-order valence-electron chi connectivity index (χ3n) is 3.78. The summed E-state index contributed by atoms with van der Waals surface area (Å²) >= 11 is 3.13. The molecule has 7 atom stereocenters. The van der Waals surface area contributed by atoms with E-state index in [1.165, 1.54) is 0 Å². The van der Waals surface area contributed by atoms with Crippen molar-refractivity contribution in [2.75, 3.05) is 0 Å². The van der Waals surface area contributed by atoms with Gasteiger partial charge in [0.25, 0.3) is 0 Å². The summed E-state index contributed by atoms with van der Waals surface area (Å²) in [4.78, 5) is 1.58. The maximum Gasteiger partial charge on any atom is 0.110 e. The second-order valence-electron chi connectivity index (χ2n) is 5.45. The summed E-state index contributed by atoms with van der Waals surface area (Å²) in [7, 11) is 0. The fraction of sp³-hybridized carbons (Fsp3) is 0.667. The molecule has 6 heteroatoms. The van der Waals surface area contributed by atoms with Gasteiger partial charge in [0.2, 0.25) is 0 Å². The van der Waals surface area contributed by atoms with Crippen LogP contribution in [0.5, 0.6) is 0 Å². The first-order valence-electron chi connectivity index (χ1n) is 7.06. The van der Waals surface area contributed by atoms with Crippen LogP contribution in [0, 0.1) is 0 Å². The Morgan fingerprint density at radius 3 is 2.62 bits per heavy atom. The van der Waals surface area contributed by atoms with Crippen LogP contribution in [0.2, 0.25) is 0 Å². The minimum atomic E-state index is -0.814. The van der Waals surface area contributed by atoms with Crippen LogP contribution >= 0.6 is 15.9 Å². The molecule has 5 nitrogen and oxygen atoms in total. The molecule has 2 aliphatic heterocycles. The molecular formula is C15H21BrO5. The van der Waals surface area contributed by atoms with Crippen LogP contribution in [0.4, 0.5) is 0 Å². The highest BCUT2D eigenvalue weighted by Crippen LogP contribution is 2.29. The van der Waals surface area contributed by atoms with Crippen LogP contribution in [0.1, 0.15) is 19.8 Å². The summed E-state index contributed by atoms with van der Waals surface area (Å²) < 4.78 is 11.6. The van der Waals surface area contributed by atoms with Crippen LogP contribution in [-0.4, -0.2) is 58.0 Å². The number of fused-ring (bicyclic) bond motifs is 2. The molecule has 0 unspecified atom stereocenters. The Morgan fingerprint density at radius 2 is 1.90 bits per heavy atom. The van der Waals surface area contributed by atoms with Crippen LogP contribution in [0.15, 0.2) is 28.9 Å². The van der Waals surface area contributed by atoms with Gasteiger partial charge in [0.05, 0.1) is 30.5 Å². The van der Waals surface area contributed by atoms with Gasteiger partial charge in [-0.1, -0.05) is 28.1 Å². The van der Waals surface area contributed by atoms with E-state index >= 15 is 0 Å². The Morgan fingerprint density at radius 1 is 1.14 bits per heavy atom. The molecule has 0 spiro atoms. The average Bonchev–Trinajstić information content (AvgIpc) is 2.82. The predicted octanol–water partition coefficient (Wildman–Crippen LogP) is 1.02. The van der Waals surface area contributed by atoms with Gasteiger partial charge >= 0.3 is 0 Å². The van der Waals surface area contributed by atoms with Crippen molar-refractivity contribution in [3.05, 3.63) is 28.9 Å². The number of hydrogen-bond acceptors (Lipinski definition) is 5. The van der Waals surface area contributed by atoms with Gasteiger partial charge in [0.15, 0.2) is 0 Å². The lowest BCUT2D eigenvalue weighted by molar-refractivity contribution is -0.112. The summed E-state index contributed by atoms with van der Waals surface area (Å²) in [6.07, 6.45) is 1.52. The number of aliphatic hydroxyl groups excluding tert-OH is 3. The molecule has 118 valence electrons. The van der Waals surface area contributed by atoms with Crippen molar-refractivity contribution in [2.24, 2.45) is 0 Å². The summed E-state index contributed by atoms with van der Waals surface area (Å²) in [6.45, 7) is 1.82. The van der Waals surface area contributed by atoms with Gasteiger partial charge in [-0.25, -0.2) is 0 Å². The Kier molecular flexibility index (Phi) is 6.20. The van der Waals surface area contributed by atoms with Gasteiger partial charge in [-0.2, -0.15) is 0 Å². The van der Waals surface area contributed by atoms with Gasteiger partial charge in [-0.3, -0.25) is 0 Å². The highest BCUT2D eigenvalue weighted by Gasteiger charge is 2.41. The van der Waals surface area contributed by atoms with E-state index in [0.29, 0.717) is 6.42 Å². The minimum Gasteiger partial charge on any atom is -0.390 e. The molecule has 2 bridgehead atoms. The second-order valence-corrected chi connectivity index (χ2v) is 5.90. The van der Waals surface area contributed by atoms with Crippen molar-refractivity contribution in [1.29, 1.82) is 0 Å². The molecule has 21 heavy (non-hydrogen) atoms. The molecule has 0 saturated carbocycles. The Balaban J connectivity index is 2.22. The summed E-state index contributed by atoms with van der Waals surface area (Å²) in [5.41, 5.74) is 2.87. The maximum atomic E-state index is 10.1. The van der Waals surface area contributed by atoms with Crippen LogP contribution in [0.25, 0.3) is 0 Å². The lowest BCUT2D eigenvalue weighted by atomic mass is 10.0. The van der Waals surface area contributed by atoms with E-state index in [1.54, 1.807) is 23.2 Å². The van der Waals surface area contributed by atoms with Gasteiger partial charge in [-0.15, -0.1) is 5.73 Å². The molecule has 0 aromatic rings. The molecule has 2 heterocycles. The molecule has 0 amide bonds. The highest BCUT2D eigenvalue weighted by molar-refractivity contribution is 9.11. The number of rotatable bonds is 1. The van der Waals surface area contributed by atoms with Crippen molar-refractivity contribution in [3.8, 4) is 0 Å². The first kappa shape index (κ1) is 16.9. The standard InChI is InChI=1S/C15H21BrO5/c1-9-15-13(19)8-14(21-15)12(18)7-10(17)4-5-11(20-9)3-2-6-16/h3-6,9-15,17-19H,7-8H2,1H3/b5-4+/t2?,9-,10-,11+,12-,13+,14-,15+/m0/s1. The zero-order chi connectivity index (χ0) is 15.4. The molecule has 3 N–H and O–H groups in total. The fourth-order valence-corrected chi connectivity index (χ4v) is 2.86. The van der Waals surface area contributed by atoms with Crippen molar-refractivity contribution in [1.82, 2.24) is 0 Å². The molecule has 0 radical (unpaired) electrons. The Hall–Kier alpha value is -0.460. The molecule has 0 aliphatic carbocycles. The van der Waals surface area contributed by atoms with Gasteiger partial charge in [-0.05, 0) is 13.0 Å². The van der Waals surface area contributed by atoms with Crippen molar-refractivity contribution in [2.45, 2.75) is 62.5 Å². The molecule has 1 fully saturated rings. The molecule has 1 saturated heterocycles. The van der Waals surface area contributed by atoms with Crippen molar-refractivity contribution in [3.63, 3.8) is 0 Å². The lowest BCUT2D eigenvalue weighted by Crippen LogP contribution is -2.36. The van der Waals surface area contributed by atoms with E-state index < -0.39 is 36.6 Å². The van der Waals surface area contributed by atoms with E-state index in [2.05, 4.69) is 21.7 Å². The average molecular weight is 361 g/mol. The molecule has 2 aliphatic rings. The maximum absolute atomic E-state index is 10.1. The number of aliphatic hydroxyl groups is 3. The lowest BCUT2D eigenvalue weighted by Gasteiger charge is -2.25. The fourth-order valence-electron chi connectivity index (χ4n) is 2.70. The molecule has 0 aromatic heterocycles. The molecular weight excluding hydrogens is 340 g/mol. The summed E-state index contributed by atoms with van der Waals surface area (Å²) in [6, 6.07) is 0. The van der Waals surface area contributed by atoms with E-state index in [-0.39, 0.29) is 12.5 Å². The van der Waals surface area contributed by atoms with Gasteiger partial charge < -0.3 is 24.8 Å². The van der Waals surface area contributed by atoms with E-state index in [1.807, 2.05) is 6.92 Å². The second kappa shape index (κ2) is 7.70. The highest BCUT2D eigenvalue weighted by atomic mass is 79.9. The van der Waals surface area contributed by atoms with Crippen LogP contribution in [0.3, 0.4) is 0 Å². The Labute approximate surface area is 132 Å². The first-order chi connectivity index (χ1) is 10.0. The molecule has 2 rings (SSSR count). The SMILES string of the molecule is C[C@@H]1O[C@H](C=C=CBr)/C=C/[C@H](O)C[C@H](O)[C@@H]2C[C@@H](O)[C@@H]1O2. The number of ether oxygens (including phenoxy) is 2. The predicted molar refractivity (Wildman–Crippen MR) is 81.0 cm³/mol. The third kappa shape index (κ3) is 4.50. The number of hydrogen-bond donors (Lipinski definition) is 3. The zero-order valence-electron chi connectivity index (χ0n) is 11.8. The largest absolute Gasteiger partial charge is 0.390 e. The van der Waals surface area contributed by atoms with Gasteiger partial charge in [0.1, 0.15) is 12.2 Å². The van der Waals surface area contributed by atoms with Crippen molar-refractivity contribution >= 4 is 15.9 Å². The smallest absolute Gasteiger partial charge is 0.110 e. The third-order valence-corrected chi connectivity index (χ3v) is 4.04. The Bertz CT molecular complexity index is 432. The topological polar surface area (TPSA) is 79.2 Å². The zero-order valence-corrected chi connectivity index (χ0v) is 13.4. The summed E-state index contributed by atoms with van der Waals surface area (Å²) in [5.74, 6) is 0. The van der Waals surface area contributed by atoms with Crippen molar-refractivity contribution < 1.29 is 24.8 Å². The summed E-state index contributed by atoms with van der Waals surface area (Å²) in [5, 5.41) is 30.1. The van der Waals surface area contributed by atoms with Crippen LogP contribution in [-0.2, 0) is 9.47 Å². The monoisotopic (exact) mass is 360 g/mol. The normalized spacial score (nSPS) is 45.3. The van der Waals surface area contributed by atoms with Gasteiger partial charge in [0, 0.05) is 17.8 Å².